The van der Waals surface area contributed by atoms with Gasteiger partial charge in [-0.15, -0.1) is 0 Å². The van der Waals surface area contributed by atoms with E-state index in [4.69, 9.17) is 10.5 Å². The molecule has 1 aromatic carbocycles. The Morgan fingerprint density at radius 2 is 1.88 bits per heavy atom. The van der Waals surface area contributed by atoms with Gasteiger partial charge in [-0.05, 0) is 18.4 Å². The summed E-state index contributed by atoms with van der Waals surface area (Å²) in [5.74, 6) is 0. The first kappa shape index (κ1) is 12.6. The molecular formula is C14H21NO2. The van der Waals surface area contributed by atoms with Crippen molar-refractivity contribution in [2.24, 2.45) is 5.73 Å². The first-order valence-corrected chi connectivity index (χ1v) is 6.29. The molecule has 94 valence electrons. The zero-order valence-corrected chi connectivity index (χ0v) is 10.1. The summed E-state index contributed by atoms with van der Waals surface area (Å²) < 4.78 is 5.56. The maximum atomic E-state index is 9.91. The third-order valence-corrected chi connectivity index (χ3v) is 3.45. The number of hydrogen-bond acceptors (Lipinski definition) is 3. The molecule has 0 aromatic heterocycles. The molecule has 1 atom stereocenters. The van der Waals surface area contributed by atoms with Gasteiger partial charge in [0, 0.05) is 5.54 Å². The van der Waals surface area contributed by atoms with Crippen LogP contribution in [0.4, 0.5) is 0 Å². The van der Waals surface area contributed by atoms with Crippen molar-refractivity contribution in [3.05, 3.63) is 35.9 Å². The fraction of sp³-hybridized carbons (Fsp3) is 0.571. The van der Waals surface area contributed by atoms with Gasteiger partial charge in [0.1, 0.15) is 6.10 Å². The van der Waals surface area contributed by atoms with E-state index in [0.29, 0.717) is 13.2 Å². The van der Waals surface area contributed by atoms with Gasteiger partial charge < -0.3 is 15.6 Å². The van der Waals surface area contributed by atoms with Crippen LogP contribution in [-0.4, -0.2) is 23.9 Å². The lowest BCUT2D eigenvalue weighted by molar-refractivity contribution is 0.0147. The van der Waals surface area contributed by atoms with Crippen LogP contribution in [0, 0.1) is 0 Å². The molecular weight excluding hydrogens is 214 g/mol. The van der Waals surface area contributed by atoms with E-state index < -0.39 is 6.10 Å². The predicted molar refractivity (Wildman–Crippen MR) is 67.6 cm³/mol. The molecule has 0 bridgehead atoms. The number of hydrogen-bond donors (Lipinski definition) is 2. The summed E-state index contributed by atoms with van der Waals surface area (Å²) in [7, 11) is 0. The fourth-order valence-electron chi connectivity index (χ4n) is 2.37. The maximum absolute atomic E-state index is 9.91. The summed E-state index contributed by atoms with van der Waals surface area (Å²) >= 11 is 0. The Morgan fingerprint density at radius 3 is 2.53 bits per heavy atom. The quantitative estimate of drug-likeness (QED) is 0.820. The molecule has 0 spiro atoms. The molecule has 1 unspecified atom stereocenters. The lowest BCUT2D eigenvalue weighted by Gasteiger charge is -2.24. The van der Waals surface area contributed by atoms with E-state index >= 15 is 0 Å². The van der Waals surface area contributed by atoms with Crippen molar-refractivity contribution >= 4 is 0 Å². The third kappa shape index (κ3) is 3.53. The monoisotopic (exact) mass is 235 g/mol. The zero-order valence-electron chi connectivity index (χ0n) is 10.1. The third-order valence-electron chi connectivity index (χ3n) is 3.45. The van der Waals surface area contributed by atoms with Crippen LogP contribution in [-0.2, 0) is 4.74 Å². The van der Waals surface area contributed by atoms with Crippen molar-refractivity contribution < 1.29 is 9.84 Å². The van der Waals surface area contributed by atoms with Gasteiger partial charge in [0.25, 0.3) is 0 Å². The number of aliphatic hydroxyl groups is 1. The molecule has 3 heteroatoms. The first-order chi connectivity index (χ1) is 8.20. The molecule has 1 fully saturated rings. The van der Waals surface area contributed by atoms with Crippen LogP contribution < -0.4 is 5.73 Å². The lowest BCUT2D eigenvalue weighted by atomic mass is 10.0. The Labute approximate surface area is 103 Å². The minimum atomic E-state index is -0.554. The van der Waals surface area contributed by atoms with Crippen molar-refractivity contribution in [3.8, 4) is 0 Å². The van der Waals surface area contributed by atoms with E-state index in [-0.39, 0.29) is 5.54 Å². The normalized spacial score (nSPS) is 20.4. The minimum absolute atomic E-state index is 0.156. The second kappa shape index (κ2) is 5.63. The van der Waals surface area contributed by atoms with Crippen molar-refractivity contribution in [2.75, 3.05) is 13.2 Å². The molecule has 1 aromatic rings. The summed E-state index contributed by atoms with van der Waals surface area (Å²) in [6.45, 7) is 0.875. The summed E-state index contributed by atoms with van der Waals surface area (Å²) in [5, 5.41) is 9.91. The van der Waals surface area contributed by atoms with Gasteiger partial charge in [0.2, 0.25) is 0 Å². The van der Waals surface area contributed by atoms with Gasteiger partial charge in [-0.25, -0.2) is 0 Å². The summed E-state index contributed by atoms with van der Waals surface area (Å²) in [6, 6.07) is 9.58. The molecule has 3 N–H and O–H groups in total. The van der Waals surface area contributed by atoms with E-state index in [2.05, 4.69) is 0 Å². The number of rotatable bonds is 5. The fourth-order valence-corrected chi connectivity index (χ4v) is 2.37. The molecule has 0 amide bonds. The van der Waals surface area contributed by atoms with E-state index in [0.717, 1.165) is 18.4 Å². The topological polar surface area (TPSA) is 55.5 Å². The second-order valence-corrected chi connectivity index (χ2v) is 5.01. The highest BCUT2D eigenvalue weighted by atomic mass is 16.5. The molecule has 0 aliphatic heterocycles. The maximum Gasteiger partial charge on any atom is 0.102 e. The van der Waals surface area contributed by atoms with Gasteiger partial charge in [-0.1, -0.05) is 43.2 Å². The number of ether oxygens (including phenoxy) is 1. The minimum Gasteiger partial charge on any atom is -0.386 e. The van der Waals surface area contributed by atoms with Gasteiger partial charge in [-0.2, -0.15) is 0 Å². The Hall–Kier alpha value is -0.900. The van der Waals surface area contributed by atoms with E-state index in [1.807, 2.05) is 30.3 Å². The molecule has 0 saturated heterocycles. The van der Waals surface area contributed by atoms with Crippen molar-refractivity contribution in [1.29, 1.82) is 0 Å². The lowest BCUT2D eigenvalue weighted by Crippen LogP contribution is -2.41. The van der Waals surface area contributed by atoms with Gasteiger partial charge in [0.15, 0.2) is 0 Å². The Balaban J connectivity index is 1.75. The molecule has 1 saturated carbocycles. The molecule has 3 nitrogen and oxygen atoms in total. The second-order valence-electron chi connectivity index (χ2n) is 5.01. The van der Waals surface area contributed by atoms with Crippen molar-refractivity contribution in [2.45, 2.75) is 37.3 Å². The Kier molecular flexibility index (Phi) is 4.15. The Morgan fingerprint density at radius 1 is 1.24 bits per heavy atom. The van der Waals surface area contributed by atoms with E-state index in [1.165, 1.54) is 12.8 Å². The SMILES string of the molecule is NC1(COCC(O)c2ccccc2)CCCC1. The van der Waals surface area contributed by atoms with Crippen LogP contribution in [0.3, 0.4) is 0 Å². The first-order valence-electron chi connectivity index (χ1n) is 6.29. The number of aliphatic hydroxyl groups excluding tert-OH is 1. The highest BCUT2D eigenvalue weighted by Gasteiger charge is 2.29. The average Bonchev–Trinajstić information content (AvgIpc) is 2.77. The molecule has 1 aliphatic rings. The number of nitrogens with two attached hydrogens (primary N) is 1. The Bertz CT molecular complexity index is 333. The van der Waals surface area contributed by atoms with Crippen LogP contribution in [0.1, 0.15) is 37.4 Å². The van der Waals surface area contributed by atoms with Crippen LogP contribution in [0.2, 0.25) is 0 Å². The van der Waals surface area contributed by atoms with Crippen LogP contribution in [0.25, 0.3) is 0 Å². The molecule has 2 rings (SSSR count). The predicted octanol–water partition coefficient (Wildman–Crippen LogP) is 2.01. The van der Waals surface area contributed by atoms with Crippen LogP contribution in [0.5, 0.6) is 0 Å². The van der Waals surface area contributed by atoms with Gasteiger partial charge in [0.05, 0.1) is 13.2 Å². The molecule has 1 aliphatic carbocycles. The zero-order chi connectivity index (χ0) is 12.1. The highest BCUT2D eigenvalue weighted by Crippen LogP contribution is 2.27. The number of benzene rings is 1. The summed E-state index contributed by atoms with van der Waals surface area (Å²) in [5.41, 5.74) is 6.91. The van der Waals surface area contributed by atoms with E-state index in [1.54, 1.807) is 0 Å². The smallest absolute Gasteiger partial charge is 0.102 e. The average molecular weight is 235 g/mol. The van der Waals surface area contributed by atoms with Gasteiger partial charge >= 0.3 is 0 Å². The van der Waals surface area contributed by atoms with Crippen LogP contribution in [0.15, 0.2) is 30.3 Å². The summed E-state index contributed by atoms with van der Waals surface area (Å²) in [4.78, 5) is 0. The van der Waals surface area contributed by atoms with Crippen molar-refractivity contribution in [3.63, 3.8) is 0 Å². The highest BCUT2D eigenvalue weighted by molar-refractivity contribution is 5.17. The van der Waals surface area contributed by atoms with E-state index in [9.17, 15) is 5.11 Å². The largest absolute Gasteiger partial charge is 0.386 e. The molecule has 17 heavy (non-hydrogen) atoms. The van der Waals surface area contributed by atoms with Gasteiger partial charge in [-0.3, -0.25) is 0 Å². The molecule has 0 radical (unpaired) electrons. The van der Waals surface area contributed by atoms with Crippen molar-refractivity contribution in [1.82, 2.24) is 0 Å². The van der Waals surface area contributed by atoms with Crippen LogP contribution >= 0.6 is 0 Å². The molecule has 0 heterocycles. The summed E-state index contributed by atoms with van der Waals surface area (Å²) in [6.07, 6.45) is 3.91. The standard InChI is InChI=1S/C14H21NO2/c15-14(8-4-5-9-14)11-17-10-13(16)12-6-2-1-3-7-12/h1-3,6-7,13,16H,4-5,8-11,15H2.